The van der Waals surface area contributed by atoms with E-state index in [-0.39, 0.29) is 73.8 Å². The number of imidazole rings is 1. The Balaban J connectivity index is 0.884. The number of phenols is 5. The number of rotatable bonds is 6. The van der Waals surface area contributed by atoms with Gasteiger partial charge in [0, 0.05) is 34.7 Å². The first-order chi connectivity index (χ1) is 33.1. The van der Waals surface area contributed by atoms with Gasteiger partial charge in [0.2, 0.25) is 0 Å². The summed E-state index contributed by atoms with van der Waals surface area (Å²) in [6.07, 6.45) is 26.5. The lowest BCUT2D eigenvalue weighted by Crippen LogP contribution is -2.79. The van der Waals surface area contributed by atoms with Crippen LogP contribution in [-0.4, -0.2) is 65.8 Å². The Labute approximate surface area is 398 Å². The van der Waals surface area contributed by atoms with Crippen LogP contribution in [0, 0.1) is 45.8 Å². The molecule has 13 rings (SSSR count). The maximum Gasteiger partial charge on any atom is 0.169 e. The summed E-state index contributed by atoms with van der Waals surface area (Å²) in [5, 5.41) is 75.9. The lowest BCUT2D eigenvalue weighted by Gasteiger charge is -2.75. The molecule has 0 amide bonds. The van der Waals surface area contributed by atoms with Crippen molar-refractivity contribution in [2.24, 2.45) is 45.8 Å². The van der Waals surface area contributed by atoms with Crippen LogP contribution in [0.25, 0.3) is 22.9 Å². The number of aromatic nitrogens is 2. The van der Waals surface area contributed by atoms with Gasteiger partial charge in [0.15, 0.2) is 23.0 Å². The van der Waals surface area contributed by atoms with Crippen LogP contribution >= 0.6 is 0 Å². The summed E-state index contributed by atoms with van der Waals surface area (Å²) in [5.41, 5.74) is 6.95. The van der Waals surface area contributed by atoms with Crippen molar-refractivity contribution < 1.29 is 30.6 Å². The third kappa shape index (κ3) is 5.83. The molecule has 9 N–H and O–H groups in total. The van der Waals surface area contributed by atoms with Crippen LogP contribution in [0.2, 0.25) is 0 Å². The van der Waals surface area contributed by atoms with E-state index in [2.05, 4.69) is 52.0 Å². The highest BCUT2D eigenvalue weighted by Gasteiger charge is 2.80. The molecule has 10 nitrogen and oxygen atoms in total. The lowest BCUT2D eigenvalue weighted by atomic mass is 9.30. The van der Waals surface area contributed by atoms with Crippen LogP contribution in [0.5, 0.6) is 28.7 Å². The lowest BCUT2D eigenvalue weighted by molar-refractivity contribution is -0.227. The normalized spacial score (nSPS) is 35.3. The van der Waals surface area contributed by atoms with Crippen molar-refractivity contribution in [3.05, 3.63) is 118 Å². The molecule has 4 aromatic carbocycles. The zero-order chi connectivity index (χ0) is 46.2. The number of aromatic amines is 1. The Hall–Kier alpha value is -5.29. The summed E-state index contributed by atoms with van der Waals surface area (Å²) < 4.78 is 0. The molecule has 3 spiro atoms. The average Bonchev–Trinajstić information content (AvgIpc) is 4.08. The SMILES string of the molecule is Oc1ccc(/C=C/c2c(CCc3ccc([C@@H]4CC5(CCNCC5)[C@@H]5C[C@@H]6CC[C@H]7CCc8[nH]cnc8[C@]8([C@@H]5N4)[C@H]4[C@@H](O)C=C[C@@H]5CCC[C@@]54CC[C@@]768)cc3)c(O)c(O)c3c(O)cccc23)cc1O. The van der Waals surface area contributed by atoms with Gasteiger partial charge in [0.05, 0.1) is 23.5 Å². The number of allylic oxidation sites excluding steroid dienone is 1. The number of hydrogen-bond acceptors (Lipinski definition) is 9. The molecule has 6 fully saturated rings. The fourth-order valence-corrected chi connectivity index (χ4v) is 18.0. The molecule has 2 saturated heterocycles. The Morgan fingerprint density at radius 2 is 1.60 bits per heavy atom. The third-order valence-corrected chi connectivity index (χ3v) is 20.5. The zero-order valence-corrected chi connectivity index (χ0v) is 38.9. The monoisotopic (exact) mass is 914 g/mol. The molecule has 68 heavy (non-hydrogen) atoms. The number of H-pyrrole nitrogens is 1. The number of aliphatic hydroxyl groups is 1. The molecule has 2 aliphatic heterocycles. The minimum absolute atomic E-state index is 0.0813. The summed E-state index contributed by atoms with van der Waals surface area (Å²) in [6.45, 7) is 2.08. The fourth-order valence-electron chi connectivity index (χ4n) is 18.0. The predicted molar refractivity (Wildman–Crippen MR) is 263 cm³/mol. The zero-order valence-electron chi connectivity index (χ0n) is 38.9. The highest BCUT2D eigenvalue weighted by atomic mass is 16.3. The average molecular weight is 915 g/mol. The van der Waals surface area contributed by atoms with Crippen molar-refractivity contribution in [3.8, 4) is 28.7 Å². The molecule has 354 valence electrons. The van der Waals surface area contributed by atoms with Gasteiger partial charge in [0.25, 0.3) is 0 Å². The molecule has 4 saturated carbocycles. The molecule has 3 heterocycles. The number of hydrogen-bond donors (Lipinski definition) is 9. The van der Waals surface area contributed by atoms with Crippen LogP contribution < -0.4 is 10.6 Å². The van der Waals surface area contributed by atoms with E-state index >= 15 is 0 Å². The van der Waals surface area contributed by atoms with Crippen molar-refractivity contribution in [1.29, 1.82) is 0 Å². The quantitative estimate of drug-likeness (QED) is 0.0457. The van der Waals surface area contributed by atoms with Crippen molar-refractivity contribution in [2.45, 2.75) is 120 Å². The largest absolute Gasteiger partial charge is 0.507 e. The summed E-state index contributed by atoms with van der Waals surface area (Å²) in [7, 11) is 0. The van der Waals surface area contributed by atoms with Gasteiger partial charge >= 0.3 is 0 Å². The molecule has 6 aliphatic carbocycles. The highest BCUT2D eigenvalue weighted by molar-refractivity contribution is 6.03. The third-order valence-electron chi connectivity index (χ3n) is 20.5. The van der Waals surface area contributed by atoms with Gasteiger partial charge < -0.3 is 46.3 Å². The maximum absolute atomic E-state index is 12.9. The molecule has 10 heteroatoms. The van der Waals surface area contributed by atoms with Crippen LogP contribution in [0.4, 0.5) is 0 Å². The van der Waals surface area contributed by atoms with E-state index < -0.39 is 6.10 Å². The number of nitrogens with one attached hydrogen (secondary N) is 3. The number of piperidine rings is 2. The van der Waals surface area contributed by atoms with Crippen molar-refractivity contribution >= 4 is 22.9 Å². The van der Waals surface area contributed by atoms with Gasteiger partial charge in [-0.15, -0.1) is 0 Å². The van der Waals surface area contributed by atoms with Crippen molar-refractivity contribution in [1.82, 2.24) is 20.6 Å². The first-order valence-corrected chi connectivity index (χ1v) is 25.9. The number of aromatic hydroxyl groups is 5. The van der Waals surface area contributed by atoms with E-state index in [0.29, 0.717) is 58.6 Å². The van der Waals surface area contributed by atoms with Crippen LogP contribution in [0.3, 0.4) is 0 Å². The Morgan fingerprint density at radius 3 is 2.44 bits per heavy atom. The van der Waals surface area contributed by atoms with E-state index in [0.717, 1.165) is 31.5 Å². The molecule has 1 aromatic heterocycles. The molecule has 0 bridgehead atoms. The first-order valence-electron chi connectivity index (χ1n) is 25.9. The Morgan fingerprint density at radius 1 is 0.765 bits per heavy atom. The van der Waals surface area contributed by atoms with E-state index in [4.69, 9.17) is 4.98 Å². The van der Waals surface area contributed by atoms with Crippen LogP contribution in [0.1, 0.15) is 122 Å². The standard InChI is InChI=1S/C58H66N4O6/c63-45-20-10-34(29-48(45)66)9-17-39-40-4-1-5-46(64)49(40)51(68)50(67)41(39)18-8-33-6-11-35(12-7-33)44-31-55(25-27-59-28-26-55)42-30-38-14-13-37-15-19-43-54(61-32-60-43)58(53(42)62-44)52-47(65)21-16-36-3-2-22-56(36,52)23-24-57(37,38)58/h1,4-7,9-12,16-17,20-21,29,32,36-38,42,44,47,52-53,59,62-68H,2-3,8,13-15,18-19,22-28,30-31H2,(H,60,61)/b17-9+/t36-,37-,38-,42+,44-,47-,52-,53+,56+,57+,58+/m0/s1. The Bertz CT molecular complexity index is 2860. The van der Waals surface area contributed by atoms with Gasteiger partial charge in [-0.2, -0.15) is 0 Å². The van der Waals surface area contributed by atoms with Crippen molar-refractivity contribution in [2.75, 3.05) is 13.1 Å². The number of benzene rings is 4. The summed E-state index contributed by atoms with van der Waals surface area (Å²) in [6, 6.07) is 19.1. The number of aryl methyl sites for hydroxylation is 2. The van der Waals surface area contributed by atoms with E-state index in [9.17, 15) is 30.6 Å². The second-order valence-corrected chi connectivity index (χ2v) is 22.7. The summed E-state index contributed by atoms with van der Waals surface area (Å²) in [5.74, 6) is 1.20. The fraction of sp³-hybridized carbons (Fsp3) is 0.500. The van der Waals surface area contributed by atoms with Gasteiger partial charge in [-0.05, 0) is 189 Å². The minimum Gasteiger partial charge on any atom is -0.507 e. The molecular weight excluding hydrogens is 849 g/mol. The smallest absolute Gasteiger partial charge is 0.169 e. The minimum atomic E-state index is -0.498. The second kappa shape index (κ2) is 15.6. The van der Waals surface area contributed by atoms with Crippen molar-refractivity contribution in [3.63, 3.8) is 0 Å². The summed E-state index contributed by atoms with van der Waals surface area (Å²) >= 11 is 0. The Kier molecular flexibility index (Phi) is 9.82. The molecule has 5 aromatic rings. The first kappa shape index (κ1) is 42.8. The van der Waals surface area contributed by atoms with E-state index in [1.54, 1.807) is 18.2 Å². The molecule has 0 radical (unpaired) electrons. The number of fused-ring (bicyclic) bond motifs is 4. The van der Waals surface area contributed by atoms with E-state index in [1.165, 1.54) is 106 Å². The molecule has 8 aliphatic rings. The van der Waals surface area contributed by atoms with Crippen LogP contribution in [0.15, 0.2) is 79.1 Å². The van der Waals surface area contributed by atoms with Gasteiger partial charge in [-0.3, -0.25) is 0 Å². The second-order valence-electron chi connectivity index (χ2n) is 22.7. The van der Waals surface area contributed by atoms with Crippen LogP contribution in [-0.2, 0) is 24.7 Å². The van der Waals surface area contributed by atoms with Gasteiger partial charge in [-0.25, -0.2) is 4.98 Å². The molecule has 0 unspecified atom stereocenters. The number of aliphatic hydroxyl groups excluding tert-OH is 1. The van der Waals surface area contributed by atoms with E-state index in [1.807, 2.05) is 18.5 Å². The highest BCUT2D eigenvalue weighted by Crippen LogP contribution is 2.81. The molecule has 11 atom stereocenters. The number of nitrogens with zero attached hydrogens (tertiary/aromatic N) is 1. The molecular formula is C58H66N4O6. The van der Waals surface area contributed by atoms with Gasteiger partial charge in [0.1, 0.15) is 5.75 Å². The number of phenolic OH excluding ortho intramolecular Hbond substituents is 5. The predicted octanol–water partition coefficient (Wildman–Crippen LogP) is 9.86. The summed E-state index contributed by atoms with van der Waals surface area (Å²) in [4.78, 5) is 9.29. The topological polar surface area (TPSA) is 174 Å². The maximum atomic E-state index is 12.9. The van der Waals surface area contributed by atoms with Gasteiger partial charge in [-0.1, -0.05) is 73.2 Å².